The average Bonchev–Trinajstić information content (AvgIpc) is 0.753. The summed E-state index contributed by atoms with van der Waals surface area (Å²) in [5.41, 5.74) is 0. The van der Waals surface area contributed by atoms with E-state index in [0.717, 1.165) is 122 Å². The quantitative estimate of drug-likeness (QED) is 0.00889. The molecule has 21 unspecified atom stereocenters. The first-order valence-corrected chi connectivity index (χ1v) is 50.1. The van der Waals surface area contributed by atoms with E-state index in [1.807, 2.05) is 0 Å². The van der Waals surface area contributed by atoms with Crippen molar-refractivity contribution in [3.05, 3.63) is 12.2 Å². The highest BCUT2D eigenvalue weighted by atomic mass is 31.2. The van der Waals surface area contributed by atoms with E-state index >= 15 is 0 Å². The number of allylic oxidation sites excluding steroid dienone is 2. The molecule has 0 amide bonds. The normalized spacial score (nSPS) is 25.5. The van der Waals surface area contributed by atoms with Crippen LogP contribution < -0.4 is 0 Å². The molecule has 1 aliphatic carbocycles. The minimum Gasteiger partial charge on any atom is -0.463 e. The maximum atomic E-state index is 15.0. The first-order chi connectivity index (χ1) is 57.9. The second kappa shape index (κ2) is 70.2. The molecule has 0 bridgehead atoms. The fourth-order valence-corrected chi connectivity index (χ4v) is 17.4. The Labute approximate surface area is 724 Å². The van der Waals surface area contributed by atoms with E-state index in [4.69, 9.17) is 46.9 Å². The minimum absolute atomic E-state index is 0.00572. The van der Waals surface area contributed by atoms with Crippen LogP contribution >= 0.6 is 7.82 Å². The van der Waals surface area contributed by atoms with Crippen molar-refractivity contribution in [1.29, 1.82) is 0 Å². The Morgan fingerprint density at radius 3 is 1.08 bits per heavy atom. The lowest BCUT2D eigenvalue weighted by Gasteiger charge is -2.50. The average molecular weight is 1740 g/mol. The molecule has 2 aliphatic heterocycles. The highest BCUT2D eigenvalue weighted by Gasteiger charge is 2.60. The molecule has 120 heavy (non-hydrogen) atoms. The third-order valence-electron chi connectivity index (χ3n) is 24.5. The Hall–Kier alpha value is -2.79. The van der Waals surface area contributed by atoms with Gasteiger partial charge in [-0.15, -0.1) is 0 Å². The molecular formula is C94H175O25P. The van der Waals surface area contributed by atoms with Crippen molar-refractivity contribution in [2.24, 2.45) is 17.8 Å². The van der Waals surface area contributed by atoms with E-state index < -0.39 is 162 Å². The molecule has 21 atom stereocenters. The summed E-state index contributed by atoms with van der Waals surface area (Å²) in [6, 6.07) is 0. The molecule has 1 saturated carbocycles. The lowest BCUT2D eigenvalue weighted by Crippen LogP contribution is -2.70. The van der Waals surface area contributed by atoms with Crippen LogP contribution in [0.5, 0.6) is 0 Å². The van der Waals surface area contributed by atoms with Crippen LogP contribution in [0.15, 0.2) is 12.2 Å². The van der Waals surface area contributed by atoms with Gasteiger partial charge in [-0.05, 0) is 69.1 Å². The van der Waals surface area contributed by atoms with E-state index in [0.29, 0.717) is 56.3 Å². The molecule has 3 aliphatic rings. The van der Waals surface area contributed by atoms with E-state index in [9.17, 15) is 74.6 Å². The number of hydrogen-bond donors (Lipinski definition) is 10. The summed E-state index contributed by atoms with van der Waals surface area (Å²) in [6.45, 7) is 12.6. The Balaban J connectivity index is 1.94. The molecular weight excluding hydrogens is 1560 g/mol. The second-order valence-corrected chi connectivity index (χ2v) is 37.2. The lowest BCUT2D eigenvalue weighted by molar-refractivity contribution is -0.360. The zero-order valence-corrected chi connectivity index (χ0v) is 76.8. The van der Waals surface area contributed by atoms with E-state index in [-0.39, 0.29) is 25.7 Å². The van der Waals surface area contributed by atoms with E-state index in [2.05, 4.69) is 60.6 Å². The fraction of sp³-hybridized carbons (Fsp3) is 0.936. The number of ether oxygens (including phenoxy) is 8. The summed E-state index contributed by atoms with van der Waals surface area (Å²) in [5, 5.41) is 103. The number of esters is 4. The Bertz CT molecular complexity index is 2590. The maximum Gasteiger partial charge on any atom is 0.472 e. The van der Waals surface area contributed by atoms with Crippen molar-refractivity contribution in [3.63, 3.8) is 0 Å². The predicted octanol–water partition coefficient (Wildman–Crippen LogP) is 18.3. The first-order valence-electron chi connectivity index (χ1n) is 48.6. The Morgan fingerprint density at radius 2 is 0.675 bits per heavy atom. The number of aliphatic hydroxyl groups is 9. The number of aliphatic hydroxyl groups excluding tert-OH is 9. The van der Waals surface area contributed by atoms with Crippen molar-refractivity contribution >= 4 is 31.7 Å². The van der Waals surface area contributed by atoms with Crippen LogP contribution in [-0.2, 0) is 70.7 Å². The van der Waals surface area contributed by atoms with Gasteiger partial charge in [0.05, 0.1) is 13.2 Å². The summed E-state index contributed by atoms with van der Waals surface area (Å²) in [7, 11) is -5.82. The zero-order valence-electron chi connectivity index (χ0n) is 75.9. The SMILES string of the molecule is CCCCCCCC/C=C\CCCCCC(=O)OCC1OC(OC2C(OC(=O)CCCCCCCCC(C)CCCCCCCC)C(O)C(O)C(OC3OC(CO)C(O)C(O)C3O)C2OP(=O)(O)OCC(COC(=O)CCCCCCCCC(C)CCCCCCCC)OC(=O)CCCCCCCCC(C)CCCCCCCC)C(O)C(O)C1O. The van der Waals surface area contributed by atoms with Crippen molar-refractivity contribution in [2.75, 3.05) is 26.4 Å². The van der Waals surface area contributed by atoms with Gasteiger partial charge in [0.15, 0.2) is 24.8 Å². The summed E-state index contributed by atoms with van der Waals surface area (Å²) in [6.07, 6.45) is 25.0. The summed E-state index contributed by atoms with van der Waals surface area (Å²) in [5.74, 6) is -0.993. The molecule has 0 aromatic carbocycles. The second-order valence-electron chi connectivity index (χ2n) is 35.8. The lowest BCUT2D eigenvalue weighted by atomic mass is 9.84. The summed E-state index contributed by atoms with van der Waals surface area (Å²) in [4.78, 5) is 66.7. The summed E-state index contributed by atoms with van der Waals surface area (Å²) < 4.78 is 73.7. The molecule has 25 nitrogen and oxygen atoms in total. The number of hydrogen-bond acceptors (Lipinski definition) is 24. The molecule has 3 fully saturated rings. The van der Waals surface area contributed by atoms with E-state index in [1.165, 1.54) is 180 Å². The Morgan fingerprint density at radius 1 is 0.350 bits per heavy atom. The molecule has 0 radical (unpaired) electrons. The van der Waals surface area contributed by atoms with Gasteiger partial charge in [0.1, 0.15) is 92.6 Å². The number of carbonyl (C=O) groups excluding carboxylic acids is 4. The van der Waals surface area contributed by atoms with Crippen LogP contribution in [0, 0.1) is 17.8 Å². The number of rotatable bonds is 77. The van der Waals surface area contributed by atoms with Crippen LogP contribution in [0.1, 0.15) is 414 Å². The smallest absolute Gasteiger partial charge is 0.463 e. The molecule has 0 spiro atoms. The largest absolute Gasteiger partial charge is 0.472 e. The molecule has 706 valence electrons. The van der Waals surface area contributed by atoms with Gasteiger partial charge in [0, 0.05) is 25.7 Å². The highest BCUT2D eigenvalue weighted by Crippen LogP contribution is 2.49. The third-order valence-corrected chi connectivity index (χ3v) is 25.4. The monoisotopic (exact) mass is 1740 g/mol. The molecule has 3 rings (SSSR count). The maximum absolute atomic E-state index is 15.0. The predicted molar refractivity (Wildman–Crippen MR) is 467 cm³/mol. The van der Waals surface area contributed by atoms with Gasteiger partial charge < -0.3 is 88.7 Å². The van der Waals surface area contributed by atoms with E-state index in [1.54, 1.807) is 0 Å². The molecule has 2 saturated heterocycles. The molecule has 10 N–H and O–H groups in total. The van der Waals surface area contributed by atoms with Gasteiger partial charge in [-0.3, -0.25) is 28.2 Å². The van der Waals surface area contributed by atoms with Crippen LogP contribution in [-0.4, -0.2) is 205 Å². The standard InChI is InChI=1S/C94H175O25P/c1-8-12-16-20-24-25-26-27-28-29-30-43-54-64-78(97)111-70-76-82(101)84(103)88(107)94(115-76)118-91-89(116-80(99)66-56-46-36-33-42-52-62-73(7)59-49-39-23-19-15-11-4)85(104)86(105)90(117-93-87(106)83(102)81(100)75(67-95)114-93)92(91)119-120(108,109)112-69-74(113-79(98)65-55-45-35-32-41-51-61-72(6)58-48-38-22-18-14-10-3)68-110-77(96)63-53-44-34-31-40-50-60-71(5)57-47-37-21-17-13-9-2/h27-28,71-76,81-95,100-107H,8-26,29-70H2,1-7H3,(H,108,109)/b28-27-. The summed E-state index contributed by atoms with van der Waals surface area (Å²) >= 11 is 0. The van der Waals surface area contributed by atoms with Gasteiger partial charge in [0.2, 0.25) is 0 Å². The molecule has 0 aromatic rings. The molecule has 26 heteroatoms. The van der Waals surface area contributed by atoms with Gasteiger partial charge in [-0.1, -0.05) is 350 Å². The third kappa shape index (κ3) is 50.7. The van der Waals surface area contributed by atoms with Crippen LogP contribution in [0.3, 0.4) is 0 Å². The Kier molecular flexibility index (Phi) is 65.2. The number of unbranched alkanes of at least 4 members (excludes halogenated alkanes) is 39. The van der Waals surface area contributed by atoms with Gasteiger partial charge >= 0.3 is 31.7 Å². The highest BCUT2D eigenvalue weighted by molar-refractivity contribution is 7.47. The van der Waals surface area contributed by atoms with Gasteiger partial charge in [0.25, 0.3) is 0 Å². The van der Waals surface area contributed by atoms with Crippen molar-refractivity contribution in [2.45, 2.75) is 519 Å². The number of carbonyl (C=O) groups is 4. The number of phosphoric ester groups is 1. The molecule has 2 heterocycles. The minimum atomic E-state index is -5.82. The van der Waals surface area contributed by atoms with Crippen molar-refractivity contribution in [1.82, 2.24) is 0 Å². The molecule has 0 aromatic heterocycles. The topological polar surface area (TPSA) is 380 Å². The zero-order chi connectivity index (χ0) is 88.0. The van der Waals surface area contributed by atoms with Crippen LogP contribution in [0.2, 0.25) is 0 Å². The fourth-order valence-electron chi connectivity index (χ4n) is 16.5. The van der Waals surface area contributed by atoms with Gasteiger partial charge in [-0.25, -0.2) is 4.57 Å². The van der Waals surface area contributed by atoms with Crippen LogP contribution in [0.4, 0.5) is 0 Å². The van der Waals surface area contributed by atoms with Crippen LogP contribution in [0.25, 0.3) is 0 Å². The van der Waals surface area contributed by atoms with Gasteiger partial charge in [-0.2, -0.15) is 0 Å². The number of phosphoric acid groups is 1. The van der Waals surface area contributed by atoms with Crippen molar-refractivity contribution in [3.8, 4) is 0 Å². The first kappa shape index (κ1) is 111. The van der Waals surface area contributed by atoms with Crippen molar-refractivity contribution < 1.29 is 122 Å².